The first-order chi connectivity index (χ1) is 55.9. The molecule has 4 saturated carbocycles. The minimum absolute atomic E-state index is 0.0720. The lowest BCUT2D eigenvalue weighted by atomic mass is 9.79. The third kappa shape index (κ3) is 19.8. The van der Waals surface area contributed by atoms with Crippen molar-refractivity contribution < 1.29 is 83.6 Å². The number of hydrogen-bond acceptors (Lipinski definition) is 22. The summed E-state index contributed by atoms with van der Waals surface area (Å²) in [6, 6.07) is 13.8. The van der Waals surface area contributed by atoms with Crippen molar-refractivity contribution in [2.75, 3.05) is 75.5 Å². The molecule has 0 unspecified atom stereocenters. The van der Waals surface area contributed by atoms with Gasteiger partial charge >= 0.3 is 11.9 Å². The van der Waals surface area contributed by atoms with Crippen molar-refractivity contribution in [2.24, 2.45) is 58.2 Å². The topological polar surface area (TPSA) is 323 Å². The van der Waals surface area contributed by atoms with Crippen LogP contribution in [0.3, 0.4) is 0 Å². The zero-order valence-electron chi connectivity index (χ0n) is 71.1. The number of carbonyl (C=O) groups is 8. The van der Waals surface area contributed by atoms with E-state index >= 15 is 9.59 Å². The Hall–Kier alpha value is -8.08. The van der Waals surface area contributed by atoms with E-state index in [9.17, 15) is 45.6 Å². The highest BCUT2D eigenvalue weighted by molar-refractivity contribution is 7.92. The molecule has 0 radical (unpaired) electrons. The number of fused-ring (bicyclic) bond motifs is 6. The normalized spacial score (nSPS) is 30.7. The first-order valence-electron chi connectivity index (χ1n) is 43.2. The molecule has 8 fully saturated rings. The minimum Gasteiger partial charge on any atom is -0.472 e. The van der Waals surface area contributed by atoms with Crippen LogP contribution in [0.4, 0.5) is 11.4 Å². The van der Waals surface area contributed by atoms with Gasteiger partial charge in [0.25, 0.3) is 0 Å². The van der Waals surface area contributed by atoms with Gasteiger partial charge in [0, 0.05) is 73.4 Å². The second-order valence-electron chi connectivity index (χ2n) is 38.0. The number of nitrogens with zero attached hydrogens (tertiary/aromatic N) is 6. The summed E-state index contributed by atoms with van der Waals surface area (Å²) in [5.41, 5.74) is -2.08. The number of anilines is 2. The van der Waals surface area contributed by atoms with E-state index in [-0.39, 0.29) is 111 Å². The maximum absolute atomic E-state index is 15.1. The van der Waals surface area contributed by atoms with Crippen molar-refractivity contribution in [3.63, 3.8) is 0 Å². The van der Waals surface area contributed by atoms with Crippen molar-refractivity contribution in [3.8, 4) is 11.8 Å². The van der Waals surface area contributed by atoms with Gasteiger partial charge in [0.1, 0.15) is 23.4 Å². The molecule has 4 amide bonds. The molecule has 6 aliphatic heterocycles. The van der Waals surface area contributed by atoms with Gasteiger partial charge in [-0.25, -0.2) is 26.8 Å². The summed E-state index contributed by atoms with van der Waals surface area (Å²) in [6.45, 7) is 28.0. The van der Waals surface area contributed by atoms with Crippen molar-refractivity contribution in [1.29, 1.82) is 0 Å². The van der Waals surface area contributed by atoms with Crippen LogP contribution in [0.2, 0.25) is 0 Å². The number of pyridine rings is 2. The number of benzene rings is 2. The fourth-order valence-electron chi connectivity index (χ4n) is 18.7. The SMILES string of the molecule is CC[C@@H]1C[C@@H](C)CC/C=C\[C@@H]2C[C@@]2(C(=O)NS(=O)(=O)C2(C)CC2)CC(=O)[C@@H]2C[C@@H](Oc3ncc(N4CCOCC4)c4ccccc34)CN2C(=O)[C@H]1CC(=O)OC(C)(C)C.CC[C@@H]1C[C@H](C)CC/C=C\[C@@H]2C[C@@]2(C(=O)NS(=O)(=O)C2(C)CC2)CC(=O)[C@@H]2C[C@@H](Oc3ncc(N4CCOCC4)c4ccccc34)CN2C(=O)[C@H]1CC(=O)OC(C)(C)C. The molecule has 26 nitrogen and oxygen atoms in total. The van der Waals surface area contributed by atoms with Crippen molar-refractivity contribution in [1.82, 2.24) is 29.2 Å². The summed E-state index contributed by atoms with van der Waals surface area (Å²) in [4.78, 5) is 132. The summed E-state index contributed by atoms with van der Waals surface area (Å²) in [7, 11) is -7.91. The maximum atomic E-state index is 15.1. The molecule has 14 atom stereocenters. The van der Waals surface area contributed by atoms with Gasteiger partial charge in [-0.2, -0.15) is 0 Å². The molecule has 14 rings (SSSR count). The second-order valence-corrected chi connectivity index (χ2v) is 42.4. The average Bonchev–Trinajstić information content (AvgIpc) is 1.57. The maximum Gasteiger partial charge on any atom is 0.307 e. The Morgan fingerprint density at radius 3 is 1.23 bits per heavy atom. The minimum atomic E-state index is -3.96. The Morgan fingerprint density at radius 1 is 0.534 bits per heavy atom. The van der Waals surface area contributed by atoms with Crippen LogP contribution in [-0.2, 0) is 77.4 Å². The largest absolute Gasteiger partial charge is 0.472 e. The molecule has 4 saturated heterocycles. The Labute approximate surface area is 696 Å². The Bertz CT molecular complexity index is 4440. The third-order valence-electron chi connectivity index (χ3n) is 26.6. The third-order valence-corrected chi connectivity index (χ3v) is 30.9. The highest BCUT2D eigenvalue weighted by Gasteiger charge is 2.65. The lowest BCUT2D eigenvalue weighted by Gasteiger charge is -2.33. The van der Waals surface area contributed by atoms with Gasteiger partial charge in [-0.1, -0.05) is 101 Å². The van der Waals surface area contributed by atoms with Gasteiger partial charge in [0.05, 0.1) is 120 Å². The summed E-state index contributed by atoms with van der Waals surface area (Å²) in [6.07, 6.45) is 18.2. The number of allylic oxidation sites excluding steroid dienone is 4. The number of amides is 4. The number of esters is 2. The molecule has 118 heavy (non-hydrogen) atoms. The molecular formula is C90H124N8O18S2. The molecule has 2 N–H and O–H groups in total. The van der Waals surface area contributed by atoms with Crippen LogP contribution in [0.5, 0.6) is 11.8 Å². The molecule has 8 heterocycles. The number of nitrogens with one attached hydrogen (secondary N) is 2. The fourth-order valence-corrected chi connectivity index (χ4v) is 21.4. The predicted octanol–water partition coefficient (Wildman–Crippen LogP) is 12.3. The number of morpholine rings is 2. The predicted molar refractivity (Wildman–Crippen MR) is 448 cm³/mol. The number of aromatic nitrogens is 2. The van der Waals surface area contributed by atoms with Crippen LogP contribution < -0.4 is 28.7 Å². The molecule has 4 aliphatic carbocycles. The molecule has 644 valence electrons. The van der Waals surface area contributed by atoms with E-state index in [0.29, 0.717) is 102 Å². The highest BCUT2D eigenvalue weighted by Crippen LogP contribution is 2.60. The van der Waals surface area contributed by atoms with Gasteiger partial charge in [0.2, 0.25) is 55.4 Å². The number of hydrogen-bond donors (Lipinski definition) is 2. The molecular weight excluding hydrogens is 1550 g/mol. The van der Waals surface area contributed by atoms with Crippen LogP contribution in [0.1, 0.15) is 212 Å². The summed E-state index contributed by atoms with van der Waals surface area (Å²) in [5, 5.41) is 3.53. The van der Waals surface area contributed by atoms with E-state index < -0.39 is 111 Å². The molecule has 0 spiro atoms. The van der Waals surface area contributed by atoms with Gasteiger partial charge in [-0.15, -0.1) is 0 Å². The number of sulfonamides is 2. The number of Topliss-reactive ketones (excluding diaryl/α,β-unsaturated/α-hetero) is 2. The lowest BCUT2D eigenvalue weighted by Crippen LogP contribution is -2.48. The summed E-state index contributed by atoms with van der Waals surface area (Å²) < 4.78 is 92.0. The zero-order chi connectivity index (χ0) is 84.7. The lowest BCUT2D eigenvalue weighted by molar-refractivity contribution is -0.160. The van der Waals surface area contributed by atoms with Gasteiger partial charge < -0.3 is 48.0 Å². The summed E-state index contributed by atoms with van der Waals surface area (Å²) >= 11 is 0. The van der Waals surface area contributed by atoms with Crippen molar-refractivity contribution in [2.45, 2.75) is 256 Å². The number of ether oxygens (including phenoxy) is 6. The van der Waals surface area contributed by atoms with E-state index in [4.69, 9.17) is 38.4 Å². The van der Waals surface area contributed by atoms with Crippen LogP contribution in [0.15, 0.2) is 85.2 Å². The van der Waals surface area contributed by atoms with Gasteiger partial charge in [0.15, 0.2) is 11.6 Å². The first-order valence-corrected chi connectivity index (χ1v) is 46.1. The molecule has 10 aliphatic rings. The molecule has 4 aromatic rings. The van der Waals surface area contributed by atoms with E-state index in [0.717, 1.165) is 84.8 Å². The number of carbonyl (C=O) groups excluding carboxylic acids is 8. The standard InChI is InChI=1S/2C45H62N4O9S/c2*1-7-30-22-29(2)12-8-9-13-31-25-45(31,42(53)47-59(54,55)44(6)16-17-44)26-38(50)36-23-32(28-49(36)41(52)35(30)24-39(51)58-43(3,4)5)57-40-34-15-11-10-14-33(34)37(27-46-40)48-18-20-56-21-19-48/h2*9-11,13-15,27,29-32,35-36H,7-8,12,16-26,28H2,1-6H3,(H,47,53)/b2*13-9-/t29-,30+,31+,32+,35-,36-,45+;29-,30-,31-,32-,35+,36+,45-/m01/s1. The fraction of sp³-hybridized carbons (Fsp3) is 0.667. The molecule has 0 bridgehead atoms. The quantitative estimate of drug-likeness (QED) is 0.0690. The van der Waals surface area contributed by atoms with Crippen LogP contribution in [0, 0.1) is 58.2 Å². The Morgan fingerprint density at radius 2 is 0.890 bits per heavy atom. The Kier molecular flexibility index (Phi) is 26.1. The molecule has 2 aromatic heterocycles. The number of ketones is 2. The number of rotatable bonds is 18. The van der Waals surface area contributed by atoms with Crippen molar-refractivity contribution in [3.05, 3.63) is 85.2 Å². The summed E-state index contributed by atoms with van der Waals surface area (Å²) in [5.74, 6) is -4.86. The van der Waals surface area contributed by atoms with Crippen LogP contribution in [0.25, 0.3) is 21.5 Å². The zero-order valence-corrected chi connectivity index (χ0v) is 72.7. The van der Waals surface area contributed by atoms with Crippen LogP contribution >= 0.6 is 0 Å². The van der Waals surface area contributed by atoms with Crippen molar-refractivity contribution >= 4 is 100 Å². The average molecular weight is 1670 g/mol. The van der Waals surface area contributed by atoms with E-state index in [1.54, 1.807) is 77.6 Å². The van der Waals surface area contributed by atoms with Crippen LogP contribution in [-0.4, -0.2) is 194 Å². The van der Waals surface area contributed by atoms with Gasteiger partial charge in [-0.3, -0.25) is 47.8 Å². The Balaban J connectivity index is 0.000000205. The monoisotopic (exact) mass is 1670 g/mol. The second kappa shape index (κ2) is 35.2. The smallest absolute Gasteiger partial charge is 0.307 e. The van der Waals surface area contributed by atoms with E-state index in [1.807, 2.05) is 86.7 Å². The van der Waals surface area contributed by atoms with E-state index in [2.05, 4.69) is 33.1 Å². The first kappa shape index (κ1) is 87.7. The molecule has 28 heteroatoms. The highest BCUT2D eigenvalue weighted by atomic mass is 32.2. The molecule has 2 aromatic carbocycles. The van der Waals surface area contributed by atoms with E-state index in [1.165, 1.54) is 0 Å². The van der Waals surface area contributed by atoms with Gasteiger partial charge in [-0.05, 0) is 180 Å².